The number of hydrogen-bond donors (Lipinski definition) is 2. The minimum atomic E-state index is -4.03. The van der Waals surface area contributed by atoms with Gasteiger partial charge in [-0.05, 0) is 48.1 Å². The second-order valence-corrected chi connectivity index (χ2v) is 10.3. The fraction of sp³-hybridized carbons (Fsp3) is 0.350. The number of carbonyl (C=O) groups excluding carboxylic acids is 1. The fourth-order valence-electron chi connectivity index (χ4n) is 3.09. The van der Waals surface area contributed by atoms with Crippen LogP contribution in [0.5, 0.6) is 5.75 Å². The van der Waals surface area contributed by atoms with Gasteiger partial charge in [0.15, 0.2) is 15.6 Å². The molecule has 0 saturated heterocycles. The highest BCUT2D eigenvalue weighted by molar-refractivity contribution is 9.10. The molecule has 0 spiro atoms. The maximum atomic E-state index is 14.9. The van der Waals surface area contributed by atoms with Gasteiger partial charge >= 0.3 is 0 Å². The first kappa shape index (κ1) is 23.0. The van der Waals surface area contributed by atoms with E-state index in [-0.39, 0.29) is 40.1 Å². The van der Waals surface area contributed by atoms with E-state index in [0.29, 0.717) is 10.0 Å². The van der Waals surface area contributed by atoms with E-state index in [1.807, 2.05) is 0 Å². The van der Waals surface area contributed by atoms with Crippen molar-refractivity contribution in [1.82, 2.24) is 5.32 Å². The van der Waals surface area contributed by atoms with Gasteiger partial charge in [0.2, 0.25) is 0 Å². The largest absolute Gasteiger partial charge is 0.505 e. The van der Waals surface area contributed by atoms with Crippen LogP contribution in [0.1, 0.15) is 40.2 Å². The number of rotatable bonds is 8. The SMILES string of the molecule is COCCNC(=O)c1cc(CS(=O)(=O)c2cc(Br)cc(Cl)c2O)cc(C2CC2)c1F. The number of ether oxygens (including phenoxy) is 1. The lowest BCUT2D eigenvalue weighted by molar-refractivity contribution is 0.0932. The number of aromatic hydroxyl groups is 1. The Hall–Kier alpha value is -1.68. The molecule has 10 heteroatoms. The van der Waals surface area contributed by atoms with E-state index in [2.05, 4.69) is 21.2 Å². The Morgan fingerprint density at radius 1 is 1.33 bits per heavy atom. The van der Waals surface area contributed by atoms with Gasteiger partial charge < -0.3 is 15.2 Å². The minimum Gasteiger partial charge on any atom is -0.505 e. The lowest BCUT2D eigenvalue weighted by Crippen LogP contribution is -2.28. The molecule has 0 aliphatic heterocycles. The van der Waals surface area contributed by atoms with Crippen LogP contribution < -0.4 is 5.32 Å². The predicted octanol–water partition coefficient (Wildman–Crippen LogP) is 4.17. The lowest BCUT2D eigenvalue weighted by atomic mass is 10.0. The summed E-state index contributed by atoms with van der Waals surface area (Å²) in [5.41, 5.74) is 0.374. The fourth-order valence-corrected chi connectivity index (χ4v) is 5.58. The zero-order valence-corrected chi connectivity index (χ0v) is 19.2. The molecule has 162 valence electrons. The van der Waals surface area contributed by atoms with Gasteiger partial charge in [-0.15, -0.1) is 0 Å². The van der Waals surface area contributed by atoms with E-state index >= 15 is 0 Å². The smallest absolute Gasteiger partial charge is 0.254 e. The van der Waals surface area contributed by atoms with Crippen LogP contribution in [0.15, 0.2) is 33.6 Å². The highest BCUT2D eigenvalue weighted by atomic mass is 79.9. The van der Waals surface area contributed by atoms with Gasteiger partial charge in [-0.1, -0.05) is 33.6 Å². The maximum Gasteiger partial charge on any atom is 0.254 e. The third-order valence-electron chi connectivity index (χ3n) is 4.70. The first-order valence-corrected chi connectivity index (χ1v) is 12.0. The van der Waals surface area contributed by atoms with E-state index in [1.54, 1.807) is 0 Å². The number of amides is 1. The number of benzene rings is 2. The van der Waals surface area contributed by atoms with Crippen LogP contribution in [-0.2, 0) is 20.3 Å². The first-order valence-electron chi connectivity index (χ1n) is 9.14. The zero-order valence-electron chi connectivity index (χ0n) is 16.0. The Morgan fingerprint density at radius 3 is 2.67 bits per heavy atom. The summed E-state index contributed by atoms with van der Waals surface area (Å²) in [5.74, 6) is -2.39. The molecule has 0 bridgehead atoms. The van der Waals surface area contributed by atoms with Crippen molar-refractivity contribution in [3.8, 4) is 5.75 Å². The number of nitrogens with one attached hydrogen (secondary N) is 1. The van der Waals surface area contributed by atoms with Gasteiger partial charge in [-0.2, -0.15) is 0 Å². The van der Waals surface area contributed by atoms with E-state index in [4.69, 9.17) is 16.3 Å². The molecule has 0 aromatic heterocycles. The van der Waals surface area contributed by atoms with Crippen LogP contribution in [0.4, 0.5) is 4.39 Å². The number of halogens is 3. The number of methoxy groups -OCH3 is 1. The zero-order chi connectivity index (χ0) is 22.1. The summed E-state index contributed by atoms with van der Waals surface area (Å²) in [7, 11) is -2.55. The third-order valence-corrected chi connectivity index (χ3v) is 7.14. The average molecular weight is 521 g/mol. The molecular weight excluding hydrogens is 501 g/mol. The van der Waals surface area contributed by atoms with Gasteiger partial charge in [0, 0.05) is 18.1 Å². The third kappa shape index (κ3) is 5.14. The van der Waals surface area contributed by atoms with Gasteiger partial charge in [-0.25, -0.2) is 12.8 Å². The van der Waals surface area contributed by atoms with E-state index < -0.39 is 33.1 Å². The number of sulfone groups is 1. The number of phenols is 1. The van der Waals surface area contributed by atoms with Crippen molar-refractivity contribution in [1.29, 1.82) is 0 Å². The van der Waals surface area contributed by atoms with Crippen LogP contribution in [0.25, 0.3) is 0 Å². The molecule has 2 N–H and O–H groups in total. The van der Waals surface area contributed by atoms with Gasteiger partial charge in [0.05, 0.1) is 22.9 Å². The molecule has 0 atom stereocenters. The minimum absolute atomic E-state index is 0.0353. The Kier molecular flexibility index (Phi) is 7.06. The van der Waals surface area contributed by atoms with Crippen LogP contribution in [0.2, 0.25) is 5.02 Å². The van der Waals surface area contributed by atoms with Gasteiger partial charge in [0.25, 0.3) is 5.91 Å². The monoisotopic (exact) mass is 519 g/mol. The normalized spacial score (nSPS) is 14.0. The second-order valence-electron chi connectivity index (χ2n) is 7.06. The number of phenolic OH excluding ortho intramolecular Hbond substituents is 1. The molecule has 0 radical (unpaired) electrons. The molecule has 6 nitrogen and oxygen atoms in total. The summed E-state index contributed by atoms with van der Waals surface area (Å²) in [5, 5.41) is 12.6. The van der Waals surface area contributed by atoms with Crippen molar-refractivity contribution in [3.05, 3.63) is 56.3 Å². The maximum absolute atomic E-state index is 14.9. The summed E-state index contributed by atoms with van der Waals surface area (Å²) in [6.45, 7) is 0.459. The van der Waals surface area contributed by atoms with E-state index in [9.17, 15) is 22.7 Å². The van der Waals surface area contributed by atoms with Crippen LogP contribution >= 0.6 is 27.5 Å². The Bertz CT molecular complexity index is 1090. The Labute approximate surface area is 187 Å². The lowest BCUT2D eigenvalue weighted by Gasteiger charge is -2.13. The van der Waals surface area contributed by atoms with Crippen molar-refractivity contribution >= 4 is 43.3 Å². The molecule has 1 fully saturated rings. The number of carbonyl (C=O) groups is 1. The van der Waals surface area contributed by atoms with Crippen LogP contribution in [0, 0.1) is 5.82 Å². The van der Waals surface area contributed by atoms with Gasteiger partial charge in [0.1, 0.15) is 10.7 Å². The Balaban J connectivity index is 1.98. The molecule has 1 aliphatic carbocycles. The summed E-state index contributed by atoms with van der Waals surface area (Å²) >= 11 is 9.06. The molecule has 1 amide bonds. The van der Waals surface area contributed by atoms with Crippen LogP contribution in [-0.4, -0.2) is 39.7 Å². The average Bonchev–Trinajstić information content (AvgIpc) is 3.50. The molecule has 0 unspecified atom stereocenters. The quantitative estimate of drug-likeness (QED) is 0.510. The molecule has 3 rings (SSSR count). The summed E-state index contributed by atoms with van der Waals surface area (Å²) < 4.78 is 46.1. The van der Waals surface area contributed by atoms with Crippen LogP contribution in [0.3, 0.4) is 0 Å². The molecule has 2 aromatic rings. The van der Waals surface area contributed by atoms with Crippen molar-refractivity contribution in [3.63, 3.8) is 0 Å². The standard InChI is InChI=1S/C20H20BrClFNO5S/c1-29-5-4-24-20(26)15-7-11(6-14(18(15)23)12-2-3-12)10-30(27,28)17-9-13(21)8-16(22)19(17)25/h6-9,12,25H,2-5,10H2,1H3,(H,24,26). The summed E-state index contributed by atoms with van der Waals surface area (Å²) in [4.78, 5) is 12.1. The first-order chi connectivity index (χ1) is 14.1. The summed E-state index contributed by atoms with van der Waals surface area (Å²) in [6, 6.07) is 5.34. The van der Waals surface area contributed by atoms with Crippen molar-refractivity contribution in [2.45, 2.75) is 29.4 Å². The topological polar surface area (TPSA) is 92.7 Å². The second kappa shape index (κ2) is 9.21. The molecule has 1 saturated carbocycles. The van der Waals surface area contributed by atoms with Crippen molar-refractivity contribution in [2.24, 2.45) is 0 Å². The van der Waals surface area contributed by atoms with Gasteiger partial charge in [-0.3, -0.25) is 4.79 Å². The molecule has 30 heavy (non-hydrogen) atoms. The van der Waals surface area contributed by atoms with E-state index in [0.717, 1.165) is 12.8 Å². The predicted molar refractivity (Wildman–Crippen MR) is 114 cm³/mol. The molecular formula is C20H20BrClFNO5S. The van der Waals surface area contributed by atoms with E-state index in [1.165, 1.54) is 31.4 Å². The Morgan fingerprint density at radius 2 is 2.03 bits per heavy atom. The number of hydrogen-bond acceptors (Lipinski definition) is 5. The molecule has 2 aromatic carbocycles. The molecule has 0 heterocycles. The summed E-state index contributed by atoms with van der Waals surface area (Å²) in [6.07, 6.45) is 1.56. The molecule has 1 aliphatic rings. The highest BCUT2D eigenvalue weighted by Crippen LogP contribution is 2.43. The van der Waals surface area contributed by atoms with Crippen molar-refractivity contribution in [2.75, 3.05) is 20.3 Å². The highest BCUT2D eigenvalue weighted by Gasteiger charge is 2.31. The van der Waals surface area contributed by atoms with Crippen molar-refractivity contribution < 1.29 is 27.4 Å².